The number of nitro benzene ring substituents is 1. The Morgan fingerprint density at radius 3 is 2.71 bits per heavy atom. The van der Waals surface area contributed by atoms with Gasteiger partial charge in [0.15, 0.2) is 5.56 Å². The number of aliphatic hydroxyl groups is 1. The van der Waals surface area contributed by atoms with Crippen LogP contribution in [0, 0.1) is 10.1 Å². The molecule has 116 valence electrons. The molecular weight excluding hydrogens is 290 g/mol. The molecule has 9 heteroatoms. The fourth-order valence-electron chi connectivity index (χ4n) is 1.53. The molecule has 1 rings (SSSR count). The second kappa shape index (κ2) is 6.93. The summed E-state index contributed by atoms with van der Waals surface area (Å²) in [5, 5.41) is 21.2. The summed E-state index contributed by atoms with van der Waals surface area (Å²) >= 11 is 0. The first-order valence-corrected chi connectivity index (χ1v) is 5.99. The summed E-state index contributed by atoms with van der Waals surface area (Å²) in [6, 6.07) is 3.72. The highest BCUT2D eigenvalue weighted by Crippen LogP contribution is 2.28. The van der Waals surface area contributed by atoms with E-state index in [9.17, 15) is 23.7 Å². The molecule has 21 heavy (non-hydrogen) atoms. The van der Waals surface area contributed by atoms with Crippen molar-refractivity contribution < 1.29 is 28.3 Å². The number of carbonyl (C=O) groups is 1. The van der Waals surface area contributed by atoms with Crippen LogP contribution in [0.25, 0.3) is 0 Å². The quantitative estimate of drug-likeness (QED) is 0.585. The Bertz CT molecular complexity index is 536. The van der Waals surface area contributed by atoms with E-state index in [1.54, 1.807) is 6.92 Å². The van der Waals surface area contributed by atoms with Gasteiger partial charge in [-0.1, -0.05) is 6.07 Å². The van der Waals surface area contributed by atoms with Crippen LogP contribution in [-0.4, -0.2) is 41.6 Å². The predicted octanol–water partition coefficient (Wildman–Crippen LogP) is 1.35. The van der Waals surface area contributed by atoms with Gasteiger partial charge in [0.25, 0.3) is 17.5 Å². The summed E-state index contributed by atoms with van der Waals surface area (Å²) in [7, 11) is 0. The number of nitrogens with one attached hydrogen (secondary N) is 1. The predicted molar refractivity (Wildman–Crippen MR) is 68.6 cm³/mol. The summed E-state index contributed by atoms with van der Waals surface area (Å²) in [6.07, 6.45) is 0. The van der Waals surface area contributed by atoms with Crippen LogP contribution in [-0.2, 0) is 0 Å². The maximum Gasteiger partial charge on any atom is 0.287 e. The first-order chi connectivity index (χ1) is 9.82. The Hall–Kier alpha value is -2.29. The van der Waals surface area contributed by atoms with Crippen molar-refractivity contribution in [2.75, 3.05) is 19.8 Å². The third-order valence-electron chi connectivity index (χ3n) is 2.47. The van der Waals surface area contributed by atoms with Crippen molar-refractivity contribution in [3.63, 3.8) is 0 Å². The molecular formula is C12H14F2N2O5. The second-order valence-electron chi connectivity index (χ2n) is 4.04. The Labute approximate surface area is 118 Å². The van der Waals surface area contributed by atoms with Gasteiger partial charge in [0.05, 0.1) is 18.1 Å². The summed E-state index contributed by atoms with van der Waals surface area (Å²) in [5.74, 6) is -4.65. The summed E-state index contributed by atoms with van der Waals surface area (Å²) in [4.78, 5) is 22.0. The van der Waals surface area contributed by atoms with Crippen LogP contribution in [0.5, 0.6) is 5.75 Å². The van der Waals surface area contributed by atoms with E-state index in [0.29, 0.717) is 0 Å². The van der Waals surface area contributed by atoms with Gasteiger partial charge in [-0.3, -0.25) is 14.9 Å². The average molecular weight is 304 g/mol. The van der Waals surface area contributed by atoms with Crippen LogP contribution < -0.4 is 10.1 Å². The van der Waals surface area contributed by atoms with E-state index in [0.717, 1.165) is 6.07 Å². The van der Waals surface area contributed by atoms with E-state index in [1.807, 2.05) is 5.32 Å². The standard InChI is InChI=1S/C12H14F2N2O5/c1-2-21-9-5-3-4-8(16(19)20)10(9)11(18)15-6-12(13,14)7-17/h3-5,17H,2,6-7H2,1H3,(H,15,18). The van der Waals surface area contributed by atoms with Gasteiger partial charge in [-0.25, -0.2) is 8.78 Å². The van der Waals surface area contributed by atoms with E-state index < -0.39 is 41.2 Å². The van der Waals surface area contributed by atoms with Crippen molar-refractivity contribution in [1.82, 2.24) is 5.32 Å². The lowest BCUT2D eigenvalue weighted by Crippen LogP contribution is -2.39. The van der Waals surface area contributed by atoms with Gasteiger partial charge >= 0.3 is 0 Å². The van der Waals surface area contributed by atoms with E-state index in [-0.39, 0.29) is 12.4 Å². The number of ether oxygens (including phenoxy) is 1. The van der Waals surface area contributed by atoms with Crippen LogP contribution in [0.4, 0.5) is 14.5 Å². The number of nitrogens with zero attached hydrogens (tertiary/aromatic N) is 1. The Balaban J connectivity index is 3.08. The molecule has 0 aliphatic rings. The van der Waals surface area contributed by atoms with Crippen molar-refractivity contribution in [3.8, 4) is 5.75 Å². The minimum absolute atomic E-state index is 0.0727. The zero-order valence-corrected chi connectivity index (χ0v) is 11.1. The van der Waals surface area contributed by atoms with E-state index in [2.05, 4.69) is 0 Å². The number of rotatable bonds is 7. The SMILES string of the molecule is CCOc1cccc([N+](=O)[O-])c1C(=O)NCC(F)(F)CO. The number of hydrogen-bond acceptors (Lipinski definition) is 5. The largest absolute Gasteiger partial charge is 0.493 e. The average Bonchev–Trinajstić information content (AvgIpc) is 2.45. The Kier molecular flexibility index (Phi) is 5.53. The molecule has 1 aromatic carbocycles. The number of halogens is 2. The zero-order chi connectivity index (χ0) is 16.0. The van der Waals surface area contributed by atoms with E-state index >= 15 is 0 Å². The number of benzene rings is 1. The summed E-state index contributed by atoms with van der Waals surface area (Å²) < 4.78 is 30.9. The van der Waals surface area contributed by atoms with Crippen LogP contribution >= 0.6 is 0 Å². The molecule has 0 spiro atoms. The van der Waals surface area contributed by atoms with E-state index in [1.165, 1.54) is 12.1 Å². The molecule has 2 N–H and O–H groups in total. The van der Waals surface area contributed by atoms with Gasteiger partial charge in [0.1, 0.15) is 12.4 Å². The molecule has 7 nitrogen and oxygen atoms in total. The van der Waals surface area contributed by atoms with Gasteiger partial charge in [-0.15, -0.1) is 0 Å². The van der Waals surface area contributed by atoms with Crippen LogP contribution in [0.15, 0.2) is 18.2 Å². The normalized spacial score (nSPS) is 11.0. The summed E-state index contributed by atoms with van der Waals surface area (Å²) in [5.41, 5.74) is -0.983. The maximum atomic E-state index is 12.9. The molecule has 0 aliphatic carbocycles. The van der Waals surface area contributed by atoms with Crippen molar-refractivity contribution >= 4 is 11.6 Å². The molecule has 0 saturated carbocycles. The van der Waals surface area contributed by atoms with Crippen molar-refractivity contribution in [1.29, 1.82) is 0 Å². The number of aliphatic hydroxyl groups excluding tert-OH is 1. The molecule has 0 aliphatic heterocycles. The maximum absolute atomic E-state index is 12.9. The number of hydrogen-bond donors (Lipinski definition) is 2. The highest BCUT2D eigenvalue weighted by molar-refractivity contribution is 6.00. The number of carbonyl (C=O) groups excluding carboxylic acids is 1. The van der Waals surface area contributed by atoms with Crippen molar-refractivity contribution in [2.45, 2.75) is 12.8 Å². The van der Waals surface area contributed by atoms with Crippen LogP contribution in [0.2, 0.25) is 0 Å². The van der Waals surface area contributed by atoms with Crippen LogP contribution in [0.3, 0.4) is 0 Å². The van der Waals surface area contributed by atoms with Crippen LogP contribution in [0.1, 0.15) is 17.3 Å². The number of alkyl halides is 2. The lowest BCUT2D eigenvalue weighted by molar-refractivity contribution is -0.385. The van der Waals surface area contributed by atoms with Gasteiger partial charge < -0.3 is 15.2 Å². The minimum atomic E-state index is -3.51. The Morgan fingerprint density at radius 1 is 1.52 bits per heavy atom. The number of nitro groups is 1. The molecule has 1 amide bonds. The topological polar surface area (TPSA) is 102 Å². The van der Waals surface area contributed by atoms with Crippen molar-refractivity contribution in [2.24, 2.45) is 0 Å². The highest BCUT2D eigenvalue weighted by Gasteiger charge is 2.31. The highest BCUT2D eigenvalue weighted by atomic mass is 19.3. The third kappa shape index (κ3) is 4.35. The molecule has 1 aromatic rings. The molecule has 0 saturated heterocycles. The van der Waals surface area contributed by atoms with Gasteiger partial charge in [0, 0.05) is 6.07 Å². The number of amides is 1. The molecule has 0 radical (unpaired) electrons. The smallest absolute Gasteiger partial charge is 0.287 e. The molecule has 0 heterocycles. The lowest BCUT2D eigenvalue weighted by Gasteiger charge is -2.15. The first-order valence-electron chi connectivity index (χ1n) is 5.99. The van der Waals surface area contributed by atoms with Gasteiger partial charge in [0.2, 0.25) is 0 Å². The molecule has 0 aromatic heterocycles. The van der Waals surface area contributed by atoms with Gasteiger partial charge in [-0.05, 0) is 13.0 Å². The second-order valence-corrected chi connectivity index (χ2v) is 4.04. The molecule has 0 fully saturated rings. The molecule has 0 atom stereocenters. The van der Waals surface area contributed by atoms with Gasteiger partial charge in [-0.2, -0.15) is 0 Å². The molecule has 0 unspecified atom stereocenters. The zero-order valence-electron chi connectivity index (χ0n) is 11.1. The van der Waals surface area contributed by atoms with E-state index in [4.69, 9.17) is 9.84 Å². The fourth-order valence-corrected chi connectivity index (χ4v) is 1.53. The summed E-state index contributed by atoms with van der Waals surface area (Å²) in [6.45, 7) is -0.822. The molecule has 0 bridgehead atoms. The lowest BCUT2D eigenvalue weighted by atomic mass is 10.1. The monoisotopic (exact) mass is 304 g/mol. The Morgan fingerprint density at radius 2 is 2.19 bits per heavy atom. The third-order valence-corrected chi connectivity index (χ3v) is 2.47. The minimum Gasteiger partial charge on any atom is -0.493 e. The first kappa shape index (κ1) is 16.8. The van der Waals surface area contributed by atoms with Crippen molar-refractivity contribution in [3.05, 3.63) is 33.9 Å². The fraction of sp³-hybridized carbons (Fsp3) is 0.417.